The smallest absolute Gasteiger partial charge is 0.269 e. The summed E-state index contributed by atoms with van der Waals surface area (Å²) in [4.78, 5) is 10.9. The van der Waals surface area contributed by atoms with E-state index in [0.29, 0.717) is 5.56 Å². The number of hydrazone groups is 1. The van der Waals surface area contributed by atoms with Gasteiger partial charge in [-0.15, -0.1) is 0 Å². The summed E-state index contributed by atoms with van der Waals surface area (Å²) in [5.74, 6) is 0.789. The number of rotatable bonds is 3. The summed E-state index contributed by atoms with van der Waals surface area (Å²) in [7, 11) is 0. The van der Waals surface area contributed by atoms with Gasteiger partial charge in [0.2, 0.25) is 6.23 Å². The van der Waals surface area contributed by atoms with Crippen LogP contribution in [0.5, 0.6) is 5.75 Å². The van der Waals surface area contributed by atoms with Crippen molar-refractivity contribution in [3.05, 3.63) is 104 Å². The van der Waals surface area contributed by atoms with E-state index >= 15 is 0 Å². The molecule has 0 bridgehead atoms. The number of ether oxygens (including phenoxy) is 1. The normalized spacial score (nSPS) is 19.8. The molecule has 2 atom stereocenters. The van der Waals surface area contributed by atoms with E-state index in [2.05, 4.69) is 22.0 Å². The number of non-ortho nitro benzene ring substituents is 1. The molecule has 0 unspecified atom stereocenters. The predicted octanol–water partition coefficient (Wildman–Crippen LogP) is 5.60. The van der Waals surface area contributed by atoms with Gasteiger partial charge in [0, 0.05) is 34.2 Å². The van der Waals surface area contributed by atoms with Gasteiger partial charge in [0.1, 0.15) is 5.75 Å². The number of hydrogen-bond acceptors (Lipinski definition) is 5. The first-order valence-electron chi connectivity index (χ1n) is 9.22. The molecule has 0 fully saturated rings. The minimum Gasteiger partial charge on any atom is -0.464 e. The average molecular weight is 450 g/mol. The quantitative estimate of drug-likeness (QED) is 0.385. The fourth-order valence-corrected chi connectivity index (χ4v) is 4.13. The summed E-state index contributed by atoms with van der Waals surface area (Å²) >= 11 is 3.47. The molecule has 7 heteroatoms. The van der Waals surface area contributed by atoms with E-state index in [1.54, 1.807) is 12.1 Å². The zero-order valence-corrected chi connectivity index (χ0v) is 16.8. The summed E-state index contributed by atoms with van der Waals surface area (Å²) in [6.45, 7) is 0. The lowest BCUT2D eigenvalue weighted by Gasteiger charge is -2.38. The predicted molar refractivity (Wildman–Crippen MR) is 113 cm³/mol. The van der Waals surface area contributed by atoms with Crippen LogP contribution in [0.4, 0.5) is 5.69 Å². The topological polar surface area (TPSA) is 68.0 Å². The Bertz CT molecular complexity index is 1130. The molecule has 0 N–H and O–H groups in total. The van der Waals surface area contributed by atoms with Crippen molar-refractivity contribution in [2.24, 2.45) is 5.10 Å². The Morgan fingerprint density at radius 2 is 1.86 bits per heavy atom. The molecule has 0 amide bonds. The highest BCUT2D eigenvalue weighted by atomic mass is 79.9. The Hall–Kier alpha value is -3.19. The van der Waals surface area contributed by atoms with Gasteiger partial charge in [0.05, 0.1) is 16.7 Å². The Morgan fingerprint density at radius 3 is 2.66 bits per heavy atom. The molecule has 2 aliphatic heterocycles. The zero-order chi connectivity index (χ0) is 20.0. The van der Waals surface area contributed by atoms with Gasteiger partial charge in [-0.2, -0.15) is 5.10 Å². The average Bonchev–Trinajstić information content (AvgIpc) is 3.19. The molecule has 0 spiro atoms. The molecule has 2 heterocycles. The van der Waals surface area contributed by atoms with E-state index in [0.717, 1.165) is 33.5 Å². The van der Waals surface area contributed by atoms with Crippen LogP contribution in [0.15, 0.2) is 82.4 Å². The number of nitro groups is 1. The van der Waals surface area contributed by atoms with Crippen molar-refractivity contribution in [1.29, 1.82) is 0 Å². The van der Waals surface area contributed by atoms with Gasteiger partial charge in [0.25, 0.3) is 5.69 Å². The summed E-state index contributed by atoms with van der Waals surface area (Å²) in [6.07, 6.45) is 0.218. The van der Waals surface area contributed by atoms with Gasteiger partial charge in [-0.05, 0) is 23.8 Å². The van der Waals surface area contributed by atoms with Gasteiger partial charge < -0.3 is 4.74 Å². The SMILES string of the molecule is O=[N+]([O-])c1cccc([C@@H]2Oc3ccccc3[C@@H]3CC(c4ccc(Br)cc4)=NN32)c1. The zero-order valence-electron chi connectivity index (χ0n) is 15.2. The minimum atomic E-state index is -0.525. The third kappa shape index (κ3) is 3.17. The van der Waals surface area contributed by atoms with Crippen LogP contribution in [0.2, 0.25) is 0 Å². The van der Waals surface area contributed by atoms with Crippen LogP contribution in [0, 0.1) is 10.1 Å². The molecule has 144 valence electrons. The van der Waals surface area contributed by atoms with Crippen molar-refractivity contribution in [3.63, 3.8) is 0 Å². The molecule has 29 heavy (non-hydrogen) atoms. The van der Waals surface area contributed by atoms with E-state index in [1.165, 1.54) is 6.07 Å². The molecule has 0 radical (unpaired) electrons. The molecule has 2 aliphatic rings. The molecule has 3 aromatic rings. The van der Waals surface area contributed by atoms with Gasteiger partial charge in [0.15, 0.2) is 0 Å². The summed E-state index contributed by atoms with van der Waals surface area (Å²) < 4.78 is 7.27. The van der Waals surface area contributed by atoms with Crippen LogP contribution >= 0.6 is 15.9 Å². The van der Waals surface area contributed by atoms with Gasteiger partial charge >= 0.3 is 0 Å². The van der Waals surface area contributed by atoms with Crippen molar-refractivity contribution in [2.75, 3.05) is 0 Å². The number of para-hydroxylation sites is 1. The van der Waals surface area contributed by atoms with Crippen molar-refractivity contribution < 1.29 is 9.66 Å². The van der Waals surface area contributed by atoms with Crippen molar-refractivity contribution in [1.82, 2.24) is 5.01 Å². The molecule has 0 saturated heterocycles. The lowest BCUT2D eigenvalue weighted by molar-refractivity contribution is -0.385. The molecule has 3 aromatic carbocycles. The monoisotopic (exact) mass is 449 g/mol. The van der Waals surface area contributed by atoms with E-state index in [1.807, 2.05) is 53.5 Å². The minimum absolute atomic E-state index is 0.0165. The second kappa shape index (κ2) is 7.00. The van der Waals surface area contributed by atoms with Crippen LogP contribution in [0.1, 0.15) is 35.4 Å². The highest BCUT2D eigenvalue weighted by Gasteiger charge is 2.41. The third-order valence-corrected chi connectivity index (χ3v) is 5.77. The molecule has 0 aromatic heterocycles. The molecule has 6 nitrogen and oxygen atoms in total. The molecule has 0 aliphatic carbocycles. The van der Waals surface area contributed by atoms with Gasteiger partial charge in [-0.3, -0.25) is 10.1 Å². The summed E-state index contributed by atoms with van der Waals surface area (Å²) in [6, 6.07) is 22.6. The number of halogens is 1. The second-order valence-corrected chi connectivity index (χ2v) is 7.93. The van der Waals surface area contributed by atoms with Crippen LogP contribution in [0.25, 0.3) is 0 Å². The Morgan fingerprint density at radius 1 is 1.07 bits per heavy atom. The van der Waals surface area contributed by atoms with Gasteiger partial charge in [-0.25, -0.2) is 5.01 Å². The Balaban J connectivity index is 1.59. The maximum Gasteiger partial charge on any atom is 0.269 e. The number of nitrogens with zero attached hydrogens (tertiary/aromatic N) is 3. The van der Waals surface area contributed by atoms with Crippen molar-refractivity contribution >= 4 is 27.3 Å². The molecule has 0 saturated carbocycles. The van der Waals surface area contributed by atoms with E-state index in [9.17, 15) is 10.1 Å². The second-order valence-electron chi connectivity index (χ2n) is 7.01. The number of nitro benzene ring substituents is 1. The van der Waals surface area contributed by atoms with Gasteiger partial charge in [-0.1, -0.05) is 58.4 Å². The highest BCUT2D eigenvalue weighted by molar-refractivity contribution is 9.10. The van der Waals surface area contributed by atoms with E-state index < -0.39 is 11.2 Å². The Kier molecular flexibility index (Phi) is 4.32. The number of benzene rings is 3. The fraction of sp³-hybridized carbons (Fsp3) is 0.136. The third-order valence-electron chi connectivity index (χ3n) is 5.24. The summed E-state index contributed by atoms with van der Waals surface area (Å²) in [5.41, 5.74) is 3.85. The number of hydrogen-bond donors (Lipinski definition) is 0. The summed E-state index contributed by atoms with van der Waals surface area (Å²) in [5, 5.41) is 18.1. The molecule has 5 rings (SSSR count). The first-order valence-corrected chi connectivity index (χ1v) is 10.0. The van der Waals surface area contributed by atoms with Crippen LogP contribution in [-0.4, -0.2) is 15.6 Å². The van der Waals surface area contributed by atoms with Crippen molar-refractivity contribution in [2.45, 2.75) is 18.7 Å². The first kappa shape index (κ1) is 17.9. The van der Waals surface area contributed by atoms with E-state index in [4.69, 9.17) is 9.84 Å². The first-order chi connectivity index (χ1) is 14.1. The Labute approximate surface area is 175 Å². The highest BCUT2D eigenvalue weighted by Crippen LogP contribution is 2.47. The molecular formula is C22H16BrN3O3. The van der Waals surface area contributed by atoms with Crippen molar-refractivity contribution in [3.8, 4) is 5.75 Å². The number of fused-ring (bicyclic) bond motifs is 3. The van der Waals surface area contributed by atoms with Crippen LogP contribution in [-0.2, 0) is 0 Å². The lowest BCUT2D eigenvalue weighted by atomic mass is 9.96. The maximum atomic E-state index is 11.2. The molecular weight excluding hydrogens is 434 g/mol. The lowest BCUT2D eigenvalue weighted by Crippen LogP contribution is -2.33. The van der Waals surface area contributed by atoms with Crippen LogP contribution in [0.3, 0.4) is 0 Å². The standard InChI is InChI=1S/C22H16BrN3O3/c23-16-10-8-14(9-11-16)19-13-20-18-6-1-2-7-21(18)29-22(25(20)24-19)15-4-3-5-17(12-15)26(27)28/h1-12,20,22H,13H2/t20-,22-/m0/s1. The van der Waals surface area contributed by atoms with E-state index in [-0.39, 0.29) is 11.7 Å². The largest absolute Gasteiger partial charge is 0.464 e. The maximum absolute atomic E-state index is 11.2. The fourth-order valence-electron chi connectivity index (χ4n) is 3.86. The van der Waals surface area contributed by atoms with Crippen LogP contribution < -0.4 is 4.74 Å².